The molecule has 0 spiro atoms. The van der Waals surface area contributed by atoms with Gasteiger partial charge in [0.15, 0.2) is 0 Å². The second-order valence-electron chi connectivity index (χ2n) is 6.35. The molecule has 7 heteroatoms. The largest absolute Gasteiger partial charge is 0.465 e. The van der Waals surface area contributed by atoms with E-state index in [1.54, 1.807) is 13.0 Å². The molecule has 0 saturated heterocycles. The molecule has 0 unspecified atom stereocenters. The molecule has 0 heterocycles. The fourth-order valence-corrected chi connectivity index (χ4v) is 4.04. The number of sulfonamides is 1. The summed E-state index contributed by atoms with van der Waals surface area (Å²) in [5.41, 5.74) is 0.928. The predicted octanol–water partition coefficient (Wildman–Crippen LogP) is 2.80. The predicted molar refractivity (Wildman–Crippen MR) is 95.1 cm³/mol. The van der Waals surface area contributed by atoms with Crippen LogP contribution in [0.1, 0.15) is 54.4 Å². The summed E-state index contributed by atoms with van der Waals surface area (Å²) < 4.78 is 37.8. The lowest BCUT2D eigenvalue weighted by atomic mass is 9.98. The molecule has 1 saturated carbocycles. The van der Waals surface area contributed by atoms with Crippen LogP contribution >= 0.6 is 0 Å². The van der Waals surface area contributed by atoms with Crippen LogP contribution in [0.2, 0.25) is 0 Å². The first-order chi connectivity index (χ1) is 11.9. The maximum atomic E-state index is 12.4. The second-order valence-corrected chi connectivity index (χ2v) is 8.12. The highest BCUT2D eigenvalue weighted by Gasteiger charge is 2.18. The van der Waals surface area contributed by atoms with E-state index in [4.69, 9.17) is 4.74 Å². The van der Waals surface area contributed by atoms with Gasteiger partial charge in [0, 0.05) is 13.2 Å². The van der Waals surface area contributed by atoms with Gasteiger partial charge in [-0.05, 0) is 43.9 Å². The van der Waals surface area contributed by atoms with Crippen molar-refractivity contribution in [2.24, 2.45) is 0 Å². The fourth-order valence-electron chi connectivity index (χ4n) is 2.94. The minimum absolute atomic E-state index is 0.0618. The molecule has 25 heavy (non-hydrogen) atoms. The number of hydrogen-bond acceptors (Lipinski definition) is 5. The monoisotopic (exact) mass is 369 g/mol. The number of rotatable bonds is 8. The molecule has 1 fully saturated rings. The number of ether oxygens (including phenoxy) is 2. The molecule has 0 aliphatic heterocycles. The van der Waals surface area contributed by atoms with Gasteiger partial charge in [0.25, 0.3) is 0 Å². The Morgan fingerprint density at radius 2 is 1.96 bits per heavy atom. The van der Waals surface area contributed by atoms with Gasteiger partial charge in [0.1, 0.15) is 0 Å². The second kappa shape index (κ2) is 9.31. The van der Waals surface area contributed by atoms with Crippen LogP contribution in [0.4, 0.5) is 0 Å². The van der Waals surface area contributed by atoms with Crippen molar-refractivity contribution in [3.8, 4) is 0 Å². The van der Waals surface area contributed by atoms with Crippen molar-refractivity contribution in [1.82, 2.24) is 4.72 Å². The van der Waals surface area contributed by atoms with Crippen molar-refractivity contribution in [3.05, 3.63) is 29.3 Å². The van der Waals surface area contributed by atoms with E-state index < -0.39 is 16.0 Å². The average Bonchev–Trinajstić information content (AvgIpc) is 2.61. The highest BCUT2D eigenvalue weighted by molar-refractivity contribution is 7.89. The Labute approximate surface area is 150 Å². The van der Waals surface area contributed by atoms with E-state index in [9.17, 15) is 13.2 Å². The van der Waals surface area contributed by atoms with Crippen molar-refractivity contribution in [1.29, 1.82) is 0 Å². The van der Waals surface area contributed by atoms with E-state index in [2.05, 4.69) is 9.46 Å². The minimum Gasteiger partial charge on any atom is -0.465 e. The number of methoxy groups -OCH3 is 1. The van der Waals surface area contributed by atoms with Crippen LogP contribution in [0, 0.1) is 6.92 Å². The Kier molecular flexibility index (Phi) is 7.40. The first kappa shape index (κ1) is 19.9. The number of aryl methyl sites for hydroxylation is 1. The van der Waals surface area contributed by atoms with Gasteiger partial charge in [-0.3, -0.25) is 0 Å². The molecule has 2 rings (SSSR count). The van der Waals surface area contributed by atoms with Gasteiger partial charge in [-0.2, -0.15) is 0 Å². The van der Waals surface area contributed by atoms with E-state index >= 15 is 0 Å². The Bertz CT molecular complexity index is 681. The first-order valence-electron chi connectivity index (χ1n) is 8.74. The van der Waals surface area contributed by atoms with Crippen molar-refractivity contribution in [2.75, 3.05) is 20.3 Å². The summed E-state index contributed by atoms with van der Waals surface area (Å²) in [6, 6.07) is 4.44. The van der Waals surface area contributed by atoms with E-state index in [1.165, 1.54) is 38.5 Å². The highest BCUT2D eigenvalue weighted by Crippen LogP contribution is 2.20. The number of benzene rings is 1. The Morgan fingerprint density at radius 3 is 2.64 bits per heavy atom. The van der Waals surface area contributed by atoms with Crippen molar-refractivity contribution in [2.45, 2.75) is 56.4 Å². The third kappa shape index (κ3) is 5.80. The number of nitrogens with one attached hydrogen (secondary N) is 1. The fraction of sp³-hybridized carbons (Fsp3) is 0.611. The molecule has 6 nitrogen and oxygen atoms in total. The normalized spacial score (nSPS) is 15.9. The molecular weight excluding hydrogens is 342 g/mol. The molecule has 0 bridgehead atoms. The maximum absolute atomic E-state index is 12.4. The molecule has 1 aliphatic carbocycles. The van der Waals surface area contributed by atoms with E-state index in [0.29, 0.717) is 31.2 Å². The zero-order chi connectivity index (χ0) is 18.3. The molecule has 0 amide bonds. The van der Waals surface area contributed by atoms with Crippen LogP contribution in [0.5, 0.6) is 0 Å². The SMILES string of the molecule is COC(=O)c1cc(S(=O)(=O)NCCCOC2CCCCC2)ccc1C. The summed E-state index contributed by atoms with van der Waals surface area (Å²) in [6.07, 6.45) is 6.86. The van der Waals surface area contributed by atoms with E-state index in [1.807, 2.05) is 0 Å². The lowest BCUT2D eigenvalue weighted by Gasteiger charge is -2.21. The average molecular weight is 369 g/mol. The molecule has 1 N–H and O–H groups in total. The Morgan fingerprint density at radius 1 is 1.24 bits per heavy atom. The van der Waals surface area contributed by atoms with Crippen LogP contribution in [-0.2, 0) is 19.5 Å². The molecule has 1 aromatic rings. The topological polar surface area (TPSA) is 81.7 Å². The van der Waals surface area contributed by atoms with Gasteiger partial charge < -0.3 is 9.47 Å². The third-order valence-electron chi connectivity index (χ3n) is 4.44. The van der Waals surface area contributed by atoms with E-state index in [0.717, 1.165) is 12.8 Å². The van der Waals surface area contributed by atoms with Crippen LogP contribution in [0.3, 0.4) is 0 Å². The summed E-state index contributed by atoms with van der Waals surface area (Å²) in [6.45, 7) is 2.59. The molecule has 0 aromatic heterocycles. The van der Waals surface area contributed by atoms with E-state index in [-0.39, 0.29) is 10.5 Å². The maximum Gasteiger partial charge on any atom is 0.338 e. The zero-order valence-electron chi connectivity index (χ0n) is 14.9. The van der Waals surface area contributed by atoms with Crippen molar-refractivity contribution >= 4 is 16.0 Å². The summed E-state index contributed by atoms with van der Waals surface area (Å²) in [7, 11) is -2.39. The molecule has 0 radical (unpaired) electrons. The standard InChI is InChI=1S/C18H27NO5S/c1-14-9-10-16(13-17(14)18(20)23-2)25(21,22)19-11-6-12-24-15-7-4-3-5-8-15/h9-10,13,15,19H,3-8,11-12H2,1-2H3. The quantitative estimate of drug-likeness (QED) is 0.563. The molecule has 140 valence electrons. The molecule has 1 aromatic carbocycles. The Balaban J connectivity index is 1.85. The van der Waals surface area contributed by atoms with Gasteiger partial charge in [0.2, 0.25) is 10.0 Å². The van der Waals surface area contributed by atoms with Crippen molar-refractivity contribution in [3.63, 3.8) is 0 Å². The van der Waals surface area contributed by atoms with Gasteiger partial charge in [0.05, 0.1) is 23.7 Å². The smallest absolute Gasteiger partial charge is 0.338 e. The molecule has 0 atom stereocenters. The van der Waals surface area contributed by atoms with Crippen LogP contribution in [0.25, 0.3) is 0 Å². The lowest BCUT2D eigenvalue weighted by Crippen LogP contribution is -2.26. The summed E-state index contributed by atoms with van der Waals surface area (Å²) in [4.78, 5) is 11.8. The van der Waals surface area contributed by atoms with Gasteiger partial charge in [-0.25, -0.2) is 17.9 Å². The van der Waals surface area contributed by atoms with Crippen molar-refractivity contribution < 1.29 is 22.7 Å². The molecule has 1 aliphatic rings. The number of carbonyl (C=O) groups excluding carboxylic acids is 1. The van der Waals surface area contributed by atoms with Crippen LogP contribution in [0.15, 0.2) is 23.1 Å². The van der Waals surface area contributed by atoms with Gasteiger partial charge in [-0.15, -0.1) is 0 Å². The van der Waals surface area contributed by atoms with Gasteiger partial charge >= 0.3 is 5.97 Å². The number of esters is 1. The lowest BCUT2D eigenvalue weighted by molar-refractivity contribution is 0.0278. The summed E-state index contributed by atoms with van der Waals surface area (Å²) in [5, 5.41) is 0. The Hall–Kier alpha value is -1.44. The highest BCUT2D eigenvalue weighted by atomic mass is 32.2. The first-order valence-corrected chi connectivity index (χ1v) is 10.2. The zero-order valence-corrected chi connectivity index (χ0v) is 15.7. The number of hydrogen-bond donors (Lipinski definition) is 1. The third-order valence-corrected chi connectivity index (χ3v) is 5.90. The van der Waals surface area contributed by atoms with Gasteiger partial charge in [-0.1, -0.05) is 25.3 Å². The van der Waals surface area contributed by atoms with Crippen LogP contribution in [-0.4, -0.2) is 40.8 Å². The summed E-state index contributed by atoms with van der Waals surface area (Å²) in [5.74, 6) is -0.546. The summed E-state index contributed by atoms with van der Waals surface area (Å²) >= 11 is 0. The number of carbonyl (C=O) groups is 1. The van der Waals surface area contributed by atoms with Crippen LogP contribution < -0.4 is 4.72 Å². The molecular formula is C18H27NO5S. The minimum atomic E-state index is -3.66.